The number of hydrogen-bond donors (Lipinski definition) is 0. The number of hydrogen-bond acceptors (Lipinski definition) is 3. The second-order valence-corrected chi connectivity index (χ2v) is 8.12. The van der Waals surface area contributed by atoms with E-state index in [4.69, 9.17) is 0 Å². The van der Waals surface area contributed by atoms with E-state index in [-0.39, 0.29) is 36.5 Å². The molecule has 1 saturated heterocycles. The van der Waals surface area contributed by atoms with Gasteiger partial charge in [0.1, 0.15) is 5.82 Å². The smallest absolute Gasteiger partial charge is 0.228 e. The monoisotopic (exact) mass is 372 g/mol. The zero-order chi connectivity index (χ0) is 18.4. The van der Waals surface area contributed by atoms with Gasteiger partial charge in [-0.05, 0) is 55.0 Å². The van der Waals surface area contributed by atoms with Crippen molar-refractivity contribution in [1.29, 1.82) is 0 Å². The molecule has 2 aromatic rings. The first-order valence-electron chi connectivity index (χ1n) is 8.89. The van der Waals surface area contributed by atoms with Gasteiger partial charge in [0.25, 0.3) is 0 Å². The molecule has 136 valence electrons. The molecule has 1 fully saturated rings. The maximum Gasteiger partial charge on any atom is 0.228 e. The summed E-state index contributed by atoms with van der Waals surface area (Å²) in [4.78, 5) is 30.1. The van der Waals surface area contributed by atoms with Crippen LogP contribution in [0.15, 0.2) is 29.6 Å². The molecule has 2 unspecified atom stereocenters. The molecule has 0 saturated carbocycles. The third-order valence-corrected chi connectivity index (χ3v) is 6.43. The number of nitrogens with zero attached hydrogens (tertiary/aromatic N) is 2. The Kier molecular flexibility index (Phi) is 4.31. The van der Waals surface area contributed by atoms with Crippen molar-refractivity contribution in [2.45, 2.75) is 32.7 Å². The predicted octanol–water partition coefficient (Wildman–Crippen LogP) is 3.69. The van der Waals surface area contributed by atoms with Gasteiger partial charge in [0, 0.05) is 24.4 Å². The summed E-state index contributed by atoms with van der Waals surface area (Å²) in [7, 11) is 0. The van der Waals surface area contributed by atoms with Crippen LogP contribution in [0.2, 0.25) is 0 Å². The third kappa shape index (κ3) is 2.82. The lowest BCUT2D eigenvalue weighted by atomic mass is 9.98. The topological polar surface area (TPSA) is 40.6 Å². The number of aryl methyl sites for hydroxylation is 1. The number of fused-ring (bicyclic) bond motifs is 1. The molecule has 0 bridgehead atoms. The summed E-state index contributed by atoms with van der Waals surface area (Å²) in [6.07, 6.45) is 1.01. The summed E-state index contributed by atoms with van der Waals surface area (Å²) in [5.41, 5.74) is 2.28. The van der Waals surface area contributed by atoms with Crippen LogP contribution in [0.1, 0.15) is 35.4 Å². The number of anilines is 1. The van der Waals surface area contributed by atoms with Crippen LogP contribution >= 0.6 is 11.3 Å². The first-order valence-corrected chi connectivity index (χ1v) is 9.77. The van der Waals surface area contributed by atoms with Crippen LogP contribution in [-0.4, -0.2) is 29.8 Å². The number of carbonyl (C=O) groups is 2. The van der Waals surface area contributed by atoms with Crippen molar-refractivity contribution in [1.82, 2.24) is 4.90 Å². The van der Waals surface area contributed by atoms with Crippen LogP contribution in [-0.2, 0) is 16.0 Å². The summed E-state index contributed by atoms with van der Waals surface area (Å²) >= 11 is 1.73. The Morgan fingerprint density at radius 2 is 2.12 bits per heavy atom. The Labute approximate surface area is 156 Å². The van der Waals surface area contributed by atoms with Crippen molar-refractivity contribution in [2.24, 2.45) is 5.92 Å². The fourth-order valence-electron chi connectivity index (χ4n) is 3.98. The molecule has 2 aliphatic heterocycles. The van der Waals surface area contributed by atoms with E-state index in [2.05, 4.69) is 11.4 Å². The summed E-state index contributed by atoms with van der Waals surface area (Å²) in [6, 6.07) is 6.93. The van der Waals surface area contributed by atoms with Gasteiger partial charge in [0.15, 0.2) is 0 Å². The normalized spacial score (nSPS) is 22.7. The number of carbonyl (C=O) groups excluding carboxylic acids is 2. The van der Waals surface area contributed by atoms with E-state index in [0.29, 0.717) is 6.54 Å². The lowest BCUT2D eigenvalue weighted by molar-refractivity contribution is -0.138. The zero-order valence-corrected chi connectivity index (χ0v) is 15.7. The van der Waals surface area contributed by atoms with E-state index in [9.17, 15) is 14.0 Å². The van der Waals surface area contributed by atoms with Gasteiger partial charge in [-0.2, -0.15) is 0 Å². The fraction of sp³-hybridized carbons (Fsp3) is 0.400. The highest BCUT2D eigenvalue weighted by molar-refractivity contribution is 7.10. The molecule has 26 heavy (non-hydrogen) atoms. The lowest BCUT2D eigenvalue weighted by Crippen LogP contribution is -2.42. The van der Waals surface area contributed by atoms with Crippen LogP contribution in [0.25, 0.3) is 0 Å². The van der Waals surface area contributed by atoms with Crippen LogP contribution in [0.3, 0.4) is 0 Å². The van der Waals surface area contributed by atoms with Gasteiger partial charge in [-0.15, -0.1) is 11.3 Å². The highest BCUT2D eigenvalue weighted by Crippen LogP contribution is 2.35. The number of benzene rings is 1. The van der Waals surface area contributed by atoms with Crippen molar-refractivity contribution in [3.05, 3.63) is 51.5 Å². The first-order chi connectivity index (χ1) is 12.5. The number of thiophene rings is 1. The molecule has 1 aromatic heterocycles. The largest absolute Gasteiger partial charge is 0.335 e. The van der Waals surface area contributed by atoms with E-state index in [1.165, 1.54) is 21.4 Å². The third-order valence-electron chi connectivity index (χ3n) is 5.43. The fourth-order valence-corrected chi connectivity index (χ4v) is 4.94. The summed E-state index contributed by atoms with van der Waals surface area (Å²) in [5.74, 6) is -1.02. The lowest BCUT2D eigenvalue weighted by Gasteiger charge is -2.35. The Bertz CT molecular complexity index is 878. The molecule has 0 spiro atoms. The molecule has 0 N–H and O–H groups in total. The van der Waals surface area contributed by atoms with Gasteiger partial charge in [-0.25, -0.2) is 4.39 Å². The van der Waals surface area contributed by atoms with Crippen molar-refractivity contribution in [3.63, 3.8) is 0 Å². The highest BCUT2D eigenvalue weighted by atomic mass is 32.1. The van der Waals surface area contributed by atoms with Crippen LogP contribution in [0.4, 0.5) is 10.1 Å². The molecule has 2 amide bonds. The number of halogens is 1. The Balaban J connectivity index is 1.53. The molecule has 3 heterocycles. The van der Waals surface area contributed by atoms with Gasteiger partial charge in [-0.1, -0.05) is 6.07 Å². The van der Waals surface area contributed by atoms with E-state index in [0.717, 1.165) is 12.0 Å². The van der Waals surface area contributed by atoms with Crippen LogP contribution in [0.5, 0.6) is 0 Å². The quantitative estimate of drug-likeness (QED) is 0.807. The molecule has 0 radical (unpaired) electrons. The molecular formula is C20H21FN2O2S. The van der Waals surface area contributed by atoms with Gasteiger partial charge in [0.2, 0.25) is 11.8 Å². The van der Waals surface area contributed by atoms with Crippen LogP contribution in [0, 0.1) is 18.7 Å². The SMILES string of the molecule is Cc1ccc(N2CC(C(=O)N3CCc4sccc4C3C)CC2=O)c(F)c1. The Morgan fingerprint density at radius 3 is 2.88 bits per heavy atom. The van der Waals surface area contributed by atoms with Crippen molar-refractivity contribution >= 4 is 28.8 Å². The van der Waals surface area contributed by atoms with Gasteiger partial charge >= 0.3 is 0 Å². The minimum absolute atomic E-state index is 0.00211. The summed E-state index contributed by atoms with van der Waals surface area (Å²) in [6.45, 7) is 4.77. The van der Waals surface area contributed by atoms with Crippen LogP contribution < -0.4 is 4.90 Å². The molecule has 4 nitrogen and oxygen atoms in total. The standard InChI is InChI=1S/C20H21FN2O2S/c1-12-3-4-17(16(21)9-12)23-11-14(10-19(23)24)20(25)22-7-5-18-15(13(22)2)6-8-26-18/h3-4,6,8-9,13-14H,5,7,10-11H2,1-2H3. The predicted molar refractivity (Wildman–Crippen MR) is 99.7 cm³/mol. The molecule has 0 aliphatic carbocycles. The van der Waals surface area contributed by atoms with E-state index in [1.807, 2.05) is 11.8 Å². The zero-order valence-electron chi connectivity index (χ0n) is 14.9. The van der Waals surface area contributed by atoms with Crippen molar-refractivity contribution < 1.29 is 14.0 Å². The maximum absolute atomic E-state index is 14.3. The molecule has 1 aromatic carbocycles. The second kappa shape index (κ2) is 6.50. The minimum Gasteiger partial charge on any atom is -0.335 e. The first kappa shape index (κ1) is 17.2. The van der Waals surface area contributed by atoms with E-state index in [1.54, 1.807) is 30.4 Å². The van der Waals surface area contributed by atoms with Gasteiger partial charge in [0.05, 0.1) is 17.6 Å². The molecule has 2 aliphatic rings. The second-order valence-electron chi connectivity index (χ2n) is 7.12. The Hall–Kier alpha value is -2.21. The molecule has 4 rings (SSSR count). The average molecular weight is 372 g/mol. The van der Waals surface area contributed by atoms with Crippen molar-refractivity contribution in [3.8, 4) is 0 Å². The van der Waals surface area contributed by atoms with E-state index >= 15 is 0 Å². The maximum atomic E-state index is 14.3. The molecule has 2 atom stereocenters. The van der Waals surface area contributed by atoms with Gasteiger partial charge < -0.3 is 9.80 Å². The molecular weight excluding hydrogens is 351 g/mol. The number of amides is 2. The Morgan fingerprint density at radius 1 is 1.31 bits per heavy atom. The highest BCUT2D eigenvalue weighted by Gasteiger charge is 2.40. The van der Waals surface area contributed by atoms with Crippen molar-refractivity contribution in [2.75, 3.05) is 18.0 Å². The van der Waals surface area contributed by atoms with E-state index < -0.39 is 11.7 Å². The van der Waals surface area contributed by atoms with Gasteiger partial charge in [-0.3, -0.25) is 9.59 Å². The number of rotatable bonds is 2. The summed E-state index contributed by atoms with van der Waals surface area (Å²) in [5, 5.41) is 2.07. The molecule has 6 heteroatoms. The minimum atomic E-state index is -0.416. The average Bonchev–Trinajstić information content (AvgIpc) is 3.22. The summed E-state index contributed by atoms with van der Waals surface area (Å²) < 4.78 is 14.3.